The molecule has 2 saturated heterocycles. The van der Waals surface area contributed by atoms with Gasteiger partial charge in [-0.15, -0.1) is 0 Å². The second kappa shape index (κ2) is 6.40. The Morgan fingerprint density at radius 1 is 1.25 bits per heavy atom. The van der Waals surface area contributed by atoms with Gasteiger partial charge in [0, 0.05) is 18.7 Å². The number of morpholine rings is 1. The molecule has 1 aromatic rings. The lowest BCUT2D eigenvalue weighted by Crippen LogP contribution is -2.48. The minimum absolute atomic E-state index is 0.0274. The summed E-state index contributed by atoms with van der Waals surface area (Å²) in [6.07, 6.45) is -0.477. The minimum Gasteiger partial charge on any atom is -0.479 e. The number of aliphatic carboxylic acids is 1. The van der Waals surface area contributed by atoms with Crippen LogP contribution >= 0.6 is 0 Å². The third-order valence-electron chi connectivity index (χ3n) is 4.11. The van der Waals surface area contributed by atoms with Gasteiger partial charge in [-0.3, -0.25) is 9.10 Å². The minimum atomic E-state index is -3.32. The summed E-state index contributed by atoms with van der Waals surface area (Å²) in [5.41, 5.74) is 0.794. The first-order valence-corrected chi connectivity index (χ1v) is 9.23. The monoisotopic (exact) mass is 354 g/mol. The standard InChI is InChI=1S/C15H18N2O6S/c18-14(16-6-7-23-13(10-16)15(19)20)11-3-1-4-12(9-11)17-5-2-8-24(17,21)22/h1,3-4,9,13H,2,5-8,10H2,(H,19,20). The molecule has 1 amide bonds. The maximum Gasteiger partial charge on any atom is 0.334 e. The average Bonchev–Trinajstić information content (AvgIpc) is 2.93. The fourth-order valence-electron chi connectivity index (χ4n) is 2.89. The maximum absolute atomic E-state index is 12.6. The Labute approximate surface area is 139 Å². The Kier molecular flexibility index (Phi) is 4.46. The molecule has 2 fully saturated rings. The molecule has 9 heteroatoms. The van der Waals surface area contributed by atoms with Gasteiger partial charge in [0.2, 0.25) is 10.0 Å². The van der Waals surface area contributed by atoms with E-state index in [4.69, 9.17) is 9.84 Å². The highest BCUT2D eigenvalue weighted by molar-refractivity contribution is 7.93. The predicted molar refractivity (Wildman–Crippen MR) is 85.5 cm³/mol. The van der Waals surface area contributed by atoms with Crippen molar-refractivity contribution in [2.24, 2.45) is 0 Å². The molecule has 130 valence electrons. The first-order valence-electron chi connectivity index (χ1n) is 7.63. The number of ether oxygens (including phenoxy) is 1. The molecule has 8 nitrogen and oxygen atoms in total. The van der Waals surface area contributed by atoms with Gasteiger partial charge in [-0.1, -0.05) is 6.07 Å². The number of carboxylic acid groups (broad SMARTS) is 1. The second-order valence-corrected chi connectivity index (χ2v) is 7.75. The number of carbonyl (C=O) groups is 2. The SMILES string of the molecule is O=C(O)C1CN(C(=O)c2cccc(N3CCCS3(=O)=O)c2)CCO1. The first kappa shape index (κ1) is 16.7. The number of benzene rings is 1. The van der Waals surface area contributed by atoms with Crippen LogP contribution in [0.15, 0.2) is 24.3 Å². The number of nitrogens with zero attached hydrogens (tertiary/aromatic N) is 2. The van der Waals surface area contributed by atoms with Crippen molar-refractivity contribution >= 4 is 27.6 Å². The number of rotatable bonds is 3. The highest BCUT2D eigenvalue weighted by Gasteiger charge is 2.31. The fourth-order valence-corrected chi connectivity index (χ4v) is 4.45. The Morgan fingerprint density at radius 3 is 2.71 bits per heavy atom. The first-order chi connectivity index (χ1) is 11.4. The summed E-state index contributed by atoms with van der Waals surface area (Å²) in [6.45, 7) is 0.830. The zero-order valence-electron chi connectivity index (χ0n) is 12.9. The zero-order chi connectivity index (χ0) is 17.3. The van der Waals surface area contributed by atoms with E-state index in [2.05, 4.69) is 0 Å². The van der Waals surface area contributed by atoms with E-state index in [0.717, 1.165) is 0 Å². The molecule has 0 spiro atoms. The highest BCUT2D eigenvalue weighted by atomic mass is 32.2. The van der Waals surface area contributed by atoms with E-state index in [9.17, 15) is 18.0 Å². The van der Waals surface area contributed by atoms with Gasteiger partial charge in [-0.25, -0.2) is 13.2 Å². The lowest BCUT2D eigenvalue weighted by molar-refractivity contribution is -0.154. The Hall–Kier alpha value is -2.13. The summed E-state index contributed by atoms with van der Waals surface area (Å²) in [5.74, 6) is -1.33. The summed E-state index contributed by atoms with van der Waals surface area (Å²) in [6, 6.07) is 6.42. The van der Waals surface area contributed by atoms with Gasteiger partial charge in [0.25, 0.3) is 5.91 Å². The van der Waals surface area contributed by atoms with Gasteiger partial charge in [0.1, 0.15) is 0 Å². The lowest BCUT2D eigenvalue weighted by atomic mass is 10.1. The van der Waals surface area contributed by atoms with Crippen molar-refractivity contribution in [2.45, 2.75) is 12.5 Å². The van der Waals surface area contributed by atoms with Gasteiger partial charge in [-0.05, 0) is 24.6 Å². The number of carboxylic acids is 1. The molecule has 1 unspecified atom stereocenters. The molecule has 2 aliphatic heterocycles. The van der Waals surface area contributed by atoms with Crippen molar-refractivity contribution in [3.8, 4) is 0 Å². The smallest absolute Gasteiger partial charge is 0.334 e. The van der Waals surface area contributed by atoms with E-state index in [1.165, 1.54) is 15.3 Å². The molecule has 0 aromatic heterocycles. The number of amides is 1. The van der Waals surface area contributed by atoms with E-state index in [-0.39, 0.29) is 24.8 Å². The average molecular weight is 354 g/mol. The predicted octanol–water partition coefficient (Wildman–Crippen LogP) is 0.152. The van der Waals surface area contributed by atoms with Crippen LogP contribution in [0.2, 0.25) is 0 Å². The van der Waals surface area contributed by atoms with E-state index < -0.39 is 22.1 Å². The van der Waals surface area contributed by atoms with Crippen molar-refractivity contribution in [3.05, 3.63) is 29.8 Å². The van der Waals surface area contributed by atoms with E-state index >= 15 is 0 Å². The largest absolute Gasteiger partial charge is 0.479 e. The third-order valence-corrected chi connectivity index (χ3v) is 5.98. The molecule has 1 aromatic carbocycles. The van der Waals surface area contributed by atoms with Crippen LogP contribution in [-0.2, 0) is 19.6 Å². The molecule has 1 atom stereocenters. The van der Waals surface area contributed by atoms with Gasteiger partial charge in [0.05, 0.1) is 24.6 Å². The summed E-state index contributed by atoms with van der Waals surface area (Å²) < 4.78 is 30.4. The van der Waals surface area contributed by atoms with Gasteiger partial charge < -0.3 is 14.7 Å². The van der Waals surface area contributed by atoms with Gasteiger partial charge >= 0.3 is 5.97 Å². The summed E-state index contributed by atoms with van der Waals surface area (Å²) in [4.78, 5) is 25.0. The van der Waals surface area contributed by atoms with Gasteiger partial charge in [-0.2, -0.15) is 0 Å². The van der Waals surface area contributed by atoms with Crippen molar-refractivity contribution in [1.82, 2.24) is 4.90 Å². The molecule has 24 heavy (non-hydrogen) atoms. The van der Waals surface area contributed by atoms with Gasteiger partial charge in [0.15, 0.2) is 6.10 Å². The fraction of sp³-hybridized carbons (Fsp3) is 0.467. The van der Waals surface area contributed by atoms with Crippen molar-refractivity contribution in [3.63, 3.8) is 0 Å². The summed E-state index contributed by atoms with van der Waals surface area (Å²) in [5, 5.41) is 9.02. The molecule has 1 N–H and O–H groups in total. The second-order valence-electron chi connectivity index (χ2n) is 5.74. The molecule has 0 radical (unpaired) electrons. The van der Waals surface area contributed by atoms with Crippen LogP contribution in [0, 0.1) is 0 Å². The Morgan fingerprint density at radius 2 is 2.04 bits per heavy atom. The summed E-state index contributed by atoms with van der Waals surface area (Å²) in [7, 11) is -3.32. The quantitative estimate of drug-likeness (QED) is 0.829. The van der Waals surface area contributed by atoms with Crippen molar-refractivity contribution in [2.75, 3.05) is 36.3 Å². The molecular formula is C15H18N2O6S. The molecular weight excluding hydrogens is 336 g/mol. The summed E-state index contributed by atoms with van der Waals surface area (Å²) >= 11 is 0. The maximum atomic E-state index is 12.6. The van der Waals surface area contributed by atoms with Crippen molar-refractivity contribution in [1.29, 1.82) is 0 Å². The number of sulfonamides is 1. The van der Waals surface area contributed by atoms with Crippen LogP contribution in [0.1, 0.15) is 16.8 Å². The molecule has 0 aliphatic carbocycles. The Bertz CT molecular complexity index is 763. The number of hydrogen-bond donors (Lipinski definition) is 1. The topological polar surface area (TPSA) is 104 Å². The number of hydrogen-bond acceptors (Lipinski definition) is 5. The molecule has 2 heterocycles. The molecule has 0 bridgehead atoms. The van der Waals surface area contributed by atoms with Crippen LogP contribution in [0.5, 0.6) is 0 Å². The third kappa shape index (κ3) is 3.22. The number of carbonyl (C=O) groups excluding carboxylic acids is 1. The van der Waals surface area contributed by atoms with Crippen LogP contribution < -0.4 is 4.31 Å². The van der Waals surface area contributed by atoms with E-state index in [1.54, 1.807) is 18.2 Å². The normalized spacial score (nSPS) is 23.2. The van der Waals surface area contributed by atoms with Crippen LogP contribution in [0.4, 0.5) is 5.69 Å². The molecule has 2 aliphatic rings. The molecule has 3 rings (SSSR count). The zero-order valence-corrected chi connectivity index (χ0v) is 13.7. The van der Waals surface area contributed by atoms with E-state index in [0.29, 0.717) is 30.8 Å². The van der Waals surface area contributed by atoms with Crippen LogP contribution in [-0.4, -0.2) is 68.4 Å². The molecule has 0 saturated carbocycles. The Balaban J connectivity index is 1.81. The number of anilines is 1. The van der Waals surface area contributed by atoms with Crippen molar-refractivity contribution < 1.29 is 27.9 Å². The lowest BCUT2D eigenvalue weighted by Gasteiger charge is -2.31. The van der Waals surface area contributed by atoms with E-state index in [1.807, 2.05) is 0 Å². The van der Waals surface area contributed by atoms with Crippen LogP contribution in [0.3, 0.4) is 0 Å². The highest BCUT2D eigenvalue weighted by Crippen LogP contribution is 2.25. The van der Waals surface area contributed by atoms with Crippen LogP contribution in [0.25, 0.3) is 0 Å².